The van der Waals surface area contributed by atoms with Gasteiger partial charge in [-0.25, -0.2) is 9.59 Å². The number of carbonyl (C=O) groups excluding carboxylic acids is 2. The standard InChI is InChI=1S/C42H46O10/c1-3-41(43)51-29-25-47-21-19-45-23-27-49-39-17-15-35(31-37(39)33-11-7-5-8-12-33)36-16-18-40(38(32-36)34-13-9-6-10-14-34)50-28-24-46-20-22-48-26-30-52-42(44)4-2/h3-18,31-32H,1-2,19-30H2. The van der Waals surface area contributed by atoms with Crippen LogP contribution in [-0.4, -0.2) is 91.2 Å². The minimum Gasteiger partial charge on any atom is -0.491 e. The number of ether oxygens (including phenoxy) is 8. The molecule has 52 heavy (non-hydrogen) atoms. The van der Waals surface area contributed by atoms with Gasteiger partial charge in [-0.3, -0.25) is 0 Å². The van der Waals surface area contributed by atoms with Gasteiger partial charge in [0, 0.05) is 23.3 Å². The molecule has 4 rings (SSSR count). The zero-order chi connectivity index (χ0) is 36.6. The molecule has 0 saturated heterocycles. The van der Waals surface area contributed by atoms with Gasteiger partial charge in [-0.2, -0.15) is 0 Å². The van der Waals surface area contributed by atoms with Crippen LogP contribution in [0.4, 0.5) is 0 Å². The van der Waals surface area contributed by atoms with E-state index in [1.54, 1.807) is 0 Å². The van der Waals surface area contributed by atoms with Crippen molar-refractivity contribution in [1.82, 2.24) is 0 Å². The van der Waals surface area contributed by atoms with E-state index in [1.165, 1.54) is 0 Å². The molecular formula is C42H46O10. The highest BCUT2D eigenvalue weighted by Crippen LogP contribution is 2.38. The summed E-state index contributed by atoms with van der Waals surface area (Å²) in [5, 5.41) is 0. The Morgan fingerprint density at radius 3 is 1.13 bits per heavy atom. The van der Waals surface area contributed by atoms with Gasteiger partial charge in [0.25, 0.3) is 0 Å². The lowest BCUT2D eigenvalue weighted by Crippen LogP contribution is -2.13. The summed E-state index contributed by atoms with van der Waals surface area (Å²) >= 11 is 0. The molecule has 0 N–H and O–H groups in total. The highest BCUT2D eigenvalue weighted by Gasteiger charge is 2.13. The molecule has 10 nitrogen and oxygen atoms in total. The van der Waals surface area contributed by atoms with E-state index in [9.17, 15) is 9.59 Å². The minimum atomic E-state index is -0.471. The van der Waals surface area contributed by atoms with Gasteiger partial charge in [0.05, 0.1) is 52.9 Å². The first kappa shape index (κ1) is 39.5. The third kappa shape index (κ3) is 13.8. The lowest BCUT2D eigenvalue weighted by Gasteiger charge is -2.16. The van der Waals surface area contributed by atoms with E-state index in [-0.39, 0.29) is 13.2 Å². The quantitative estimate of drug-likeness (QED) is 0.0407. The monoisotopic (exact) mass is 710 g/mol. The predicted molar refractivity (Wildman–Crippen MR) is 199 cm³/mol. The molecule has 0 spiro atoms. The molecule has 0 unspecified atom stereocenters. The van der Waals surface area contributed by atoms with E-state index in [0.717, 1.165) is 57.0 Å². The Kier molecular flexibility index (Phi) is 17.7. The number of carbonyl (C=O) groups is 2. The maximum Gasteiger partial charge on any atom is 0.330 e. The van der Waals surface area contributed by atoms with Crippen molar-refractivity contribution in [3.8, 4) is 44.9 Å². The van der Waals surface area contributed by atoms with E-state index in [1.807, 2.05) is 48.5 Å². The largest absolute Gasteiger partial charge is 0.491 e. The van der Waals surface area contributed by atoms with Crippen molar-refractivity contribution >= 4 is 11.9 Å². The molecule has 10 heteroatoms. The Balaban J connectivity index is 1.35. The normalized spacial score (nSPS) is 10.7. The molecule has 0 bridgehead atoms. The number of hydrogen-bond acceptors (Lipinski definition) is 10. The zero-order valence-electron chi connectivity index (χ0n) is 29.4. The molecule has 0 saturated carbocycles. The first-order chi connectivity index (χ1) is 25.6. The Hall–Kier alpha value is -5.26. The second-order valence-corrected chi connectivity index (χ2v) is 11.0. The maximum absolute atomic E-state index is 11.1. The van der Waals surface area contributed by atoms with Crippen molar-refractivity contribution in [2.75, 3.05) is 79.3 Å². The van der Waals surface area contributed by atoms with Crippen molar-refractivity contribution in [2.24, 2.45) is 0 Å². The molecule has 0 atom stereocenters. The summed E-state index contributed by atoms with van der Waals surface area (Å²) < 4.78 is 44.3. The van der Waals surface area contributed by atoms with Crippen molar-refractivity contribution in [1.29, 1.82) is 0 Å². The van der Waals surface area contributed by atoms with Crippen molar-refractivity contribution in [3.05, 3.63) is 122 Å². The smallest absolute Gasteiger partial charge is 0.330 e. The molecule has 0 radical (unpaired) electrons. The van der Waals surface area contributed by atoms with E-state index >= 15 is 0 Å². The number of esters is 2. The second kappa shape index (κ2) is 23.3. The van der Waals surface area contributed by atoms with E-state index in [0.29, 0.717) is 66.1 Å². The van der Waals surface area contributed by atoms with E-state index in [4.69, 9.17) is 37.9 Å². The van der Waals surface area contributed by atoms with Gasteiger partial charge in [-0.15, -0.1) is 0 Å². The van der Waals surface area contributed by atoms with Crippen LogP contribution in [0.1, 0.15) is 0 Å². The molecule has 0 fully saturated rings. The third-order valence-corrected chi connectivity index (χ3v) is 7.45. The van der Waals surface area contributed by atoms with Crippen LogP contribution in [0.3, 0.4) is 0 Å². The lowest BCUT2D eigenvalue weighted by atomic mass is 9.95. The van der Waals surface area contributed by atoms with Gasteiger partial charge in [0.2, 0.25) is 0 Å². The molecule has 0 aliphatic carbocycles. The van der Waals surface area contributed by atoms with Crippen molar-refractivity contribution in [2.45, 2.75) is 0 Å². The predicted octanol–water partition coefficient (Wildman–Crippen LogP) is 6.97. The highest BCUT2D eigenvalue weighted by molar-refractivity contribution is 5.82. The van der Waals surface area contributed by atoms with Crippen LogP contribution in [0.5, 0.6) is 11.5 Å². The number of rotatable bonds is 25. The van der Waals surface area contributed by atoms with Crippen LogP contribution >= 0.6 is 0 Å². The summed E-state index contributed by atoms with van der Waals surface area (Å²) in [7, 11) is 0. The molecule has 0 aliphatic rings. The minimum absolute atomic E-state index is 0.172. The summed E-state index contributed by atoms with van der Waals surface area (Å²) in [5.74, 6) is 0.565. The van der Waals surface area contributed by atoms with E-state index in [2.05, 4.69) is 61.7 Å². The summed E-state index contributed by atoms with van der Waals surface area (Å²) in [6.45, 7) is 10.7. The summed E-state index contributed by atoms with van der Waals surface area (Å²) in [6, 6.07) is 32.6. The van der Waals surface area contributed by atoms with Crippen LogP contribution < -0.4 is 9.47 Å². The third-order valence-electron chi connectivity index (χ3n) is 7.45. The molecule has 274 valence electrons. The SMILES string of the molecule is C=CC(=O)OCCOCCOCCOc1ccc(-c2ccc(OCCOCCOCCOC(=O)C=C)c(-c3ccccc3)c2)cc1-c1ccccc1. The molecule has 4 aromatic carbocycles. The van der Waals surface area contributed by atoms with Crippen LogP contribution in [0.25, 0.3) is 33.4 Å². The fourth-order valence-corrected chi connectivity index (χ4v) is 4.94. The van der Waals surface area contributed by atoms with Crippen LogP contribution in [-0.2, 0) is 38.0 Å². The lowest BCUT2D eigenvalue weighted by molar-refractivity contribution is -0.140. The van der Waals surface area contributed by atoms with Gasteiger partial charge in [0.1, 0.15) is 37.9 Å². The average molecular weight is 711 g/mol. The Morgan fingerprint density at radius 2 is 0.769 bits per heavy atom. The van der Waals surface area contributed by atoms with Crippen LogP contribution in [0.2, 0.25) is 0 Å². The molecular weight excluding hydrogens is 664 g/mol. The van der Waals surface area contributed by atoms with Crippen LogP contribution in [0, 0.1) is 0 Å². The average Bonchev–Trinajstić information content (AvgIpc) is 3.19. The fraction of sp³-hybridized carbons (Fsp3) is 0.286. The summed E-state index contributed by atoms with van der Waals surface area (Å²) in [5.41, 5.74) is 6.08. The molecule has 4 aromatic rings. The topological polar surface area (TPSA) is 108 Å². The molecule has 0 amide bonds. The molecule has 0 heterocycles. The number of benzene rings is 4. The highest BCUT2D eigenvalue weighted by atomic mass is 16.6. The summed E-state index contributed by atoms with van der Waals surface area (Å²) in [4.78, 5) is 22.1. The summed E-state index contributed by atoms with van der Waals surface area (Å²) in [6.07, 6.45) is 2.24. The second-order valence-electron chi connectivity index (χ2n) is 11.0. The maximum atomic E-state index is 11.1. The van der Waals surface area contributed by atoms with Gasteiger partial charge in [-0.1, -0.05) is 86.0 Å². The van der Waals surface area contributed by atoms with Gasteiger partial charge in [-0.05, 0) is 46.5 Å². The van der Waals surface area contributed by atoms with E-state index < -0.39 is 11.9 Å². The number of hydrogen-bond donors (Lipinski definition) is 0. The van der Waals surface area contributed by atoms with Gasteiger partial charge >= 0.3 is 11.9 Å². The first-order valence-corrected chi connectivity index (χ1v) is 17.1. The van der Waals surface area contributed by atoms with Crippen LogP contribution in [0.15, 0.2) is 122 Å². The molecule has 0 aromatic heterocycles. The van der Waals surface area contributed by atoms with Gasteiger partial charge < -0.3 is 37.9 Å². The Morgan fingerprint density at radius 1 is 0.423 bits per heavy atom. The Bertz CT molecular complexity index is 1550. The van der Waals surface area contributed by atoms with Gasteiger partial charge in [0.15, 0.2) is 0 Å². The van der Waals surface area contributed by atoms with Crippen molar-refractivity contribution in [3.63, 3.8) is 0 Å². The van der Waals surface area contributed by atoms with Crippen molar-refractivity contribution < 1.29 is 47.5 Å². The zero-order valence-corrected chi connectivity index (χ0v) is 29.4. The Labute approximate surface area is 305 Å². The molecule has 0 aliphatic heterocycles. The first-order valence-electron chi connectivity index (χ1n) is 17.1. The fourth-order valence-electron chi connectivity index (χ4n) is 4.94.